The second-order valence-electron chi connectivity index (χ2n) is 4.95. The minimum absolute atomic E-state index is 0.820. The van der Waals surface area contributed by atoms with Gasteiger partial charge in [-0.2, -0.15) is 0 Å². The summed E-state index contributed by atoms with van der Waals surface area (Å²) >= 11 is 7.10. The number of ether oxygens (including phenoxy) is 1. The number of rotatable bonds is 4. The summed E-state index contributed by atoms with van der Waals surface area (Å²) in [6.07, 6.45) is 0.870. The molecule has 110 valence electrons. The topological polar surface area (TPSA) is 9.23 Å². The van der Waals surface area contributed by atoms with E-state index in [2.05, 4.69) is 62.2 Å². The van der Waals surface area contributed by atoms with Crippen LogP contribution in [0.1, 0.15) is 11.1 Å². The highest BCUT2D eigenvalue weighted by Crippen LogP contribution is 2.30. The van der Waals surface area contributed by atoms with Gasteiger partial charge in [0.05, 0.1) is 4.47 Å². The number of hydrogen-bond acceptors (Lipinski definition) is 1. The molecule has 3 aromatic carbocycles. The van der Waals surface area contributed by atoms with Crippen molar-refractivity contribution in [3.8, 4) is 11.5 Å². The van der Waals surface area contributed by atoms with Crippen molar-refractivity contribution < 1.29 is 4.74 Å². The Balaban J connectivity index is 1.81. The van der Waals surface area contributed by atoms with Crippen molar-refractivity contribution in [1.82, 2.24) is 0 Å². The van der Waals surface area contributed by atoms with E-state index >= 15 is 0 Å². The number of hydrogen-bond donors (Lipinski definition) is 0. The van der Waals surface area contributed by atoms with E-state index in [1.165, 1.54) is 11.1 Å². The normalized spacial score (nSPS) is 10.5. The van der Waals surface area contributed by atoms with Crippen molar-refractivity contribution in [2.75, 3.05) is 0 Å². The Bertz CT molecular complexity index is 721. The molecule has 0 bridgehead atoms. The van der Waals surface area contributed by atoms with Crippen LogP contribution in [-0.4, -0.2) is 0 Å². The summed E-state index contributed by atoms with van der Waals surface area (Å²) in [5, 5.41) is 0. The first kappa shape index (κ1) is 15.3. The fourth-order valence-electron chi connectivity index (χ4n) is 2.24. The van der Waals surface area contributed by atoms with E-state index in [1.54, 1.807) is 0 Å². The van der Waals surface area contributed by atoms with Gasteiger partial charge in [0.2, 0.25) is 0 Å². The van der Waals surface area contributed by atoms with E-state index in [-0.39, 0.29) is 0 Å². The van der Waals surface area contributed by atoms with E-state index in [1.807, 2.05) is 42.5 Å². The van der Waals surface area contributed by atoms with E-state index < -0.39 is 0 Å². The third-order valence-corrected chi connectivity index (χ3v) is 4.74. The van der Waals surface area contributed by atoms with Crippen molar-refractivity contribution in [3.05, 3.63) is 92.9 Å². The van der Waals surface area contributed by atoms with E-state index in [4.69, 9.17) is 4.74 Å². The van der Waals surface area contributed by atoms with Crippen LogP contribution in [0.15, 0.2) is 81.7 Å². The molecule has 22 heavy (non-hydrogen) atoms. The van der Waals surface area contributed by atoms with Crippen LogP contribution >= 0.6 is 31.9 Å². The Morgan fingerprint density at radius 1 is 0.727 bits per heavy atom. The zero-order valence-electron chi connectivity index (χ0n) is 11.8. The SMILES string of the molecule is Brc1ccccc1Cc1cccc(Oc2ccccc2Br)c1. The van der Waals surface area contributed by atoms with Gasteiger partial charge in [0.25, 0.3) is 0 Å². The number of para-hydroxylation sites is 1. The Hall–Kier alpha value is -1.58. The lowest BCUT2D eigenvalue weighted by molar-refractivity contribution is 0.479. The van der Waals surface area contributed by atoms with Gasteiger partial charge in [-0.3, -0.25) is 0 Å². The minimum Gasteiger partial charge on any atom is -0.456 e. The van der Waals surface area contributed by atoms with Crippen molar-refractivity contribution in [3.63, 3.8) is 0 Å². The molecule has 3 heteroatoms. The predicted octanol–water partition coefficient (Wildman–Crippen LogP) is 6.59. The summed E-state index contributed by atoms with van der Waals surface area (Å²) in [7, 11) is 0. The molecule has 3 rings (SSSR count). The van der Waals surface area contributed by atoms with Gasteiger partial charge in [-0.05, 0) is 63.8 Å². The second kappa shape index (κ2) is 7.12. The zero-order chi connectivity index (χ0) is 15.4. The van der Waals surface area contributed by atoms with E-state index in [0.717, 1.165) is 26.9 Å². The zero-order valence-corrected chi connectivity index (χ0v) is 15.0. The fourth-order valence-corrected chi connectivity index (χ4v) is 3.03. The number of halogens is 2. The summed E-state index contributed by atoms with van der Waals surface area (Å²) < 4.78 is 8.04. The summed E-state index contributed by atoms with van der Waals surface area (Å²) in [5.74, 6) is 1.66. The molecule has 0 amide bonds. The lowest BCUT2D eigenvalue weighted by atomic mass is 10.1. The second-order valence-corrected chi connectivity index (χ2v) is 6.66. The van der Waals surface area contributed by atoms with Crippen molar-refractivity contribution in [2.45, 2.75) is 6.42 Å². The molecular formula is C19H14Br2O. The predicted molar refractivity (Wildman–Crippen MR) is 97.6 cm³/mol. The molecule has 0 heterocycles. The summed E-state index contributed by atoms with van der Waals surface area (Å²) in [5.41, 5.74) is 2.48. The molecule has 0 saturated carbocycles. The molecular weight excluding hydrogens is 404 g/mol. The van der Waals surface area contributed by atoms with Gasteiger partial charge >= 0.3 is 0 Å². The standard InChI is InChI=1S/C19H14Br2O/c20-17-9-2-1-7-15(17)12-14-6-5-8-16(13-14)22-19-11-4-3-10-18(19)21/h1-11,13H,12H2. The minimum atomic E-state index is 0.820. The van der Waals surface area contributed by atoms with Crippen molar-refractivity contribution >= 4 is 31.9 Å². The Morgan fingerprint density at radius 2 is 1.45 bits per heavy atom. The Labute approximate surface area is 147 Å². The maximum Gasteiger partial charge on any atom is 0.141 e. The summed E-state index contributed by atoms with van der Waals surface area (Å²) in [4.78, 5) is 0. The molecule has 0 N–H and O–H groups in total. The van der Waals surface area contributed by atoms with Gasteiger partial charge in [-0.15, -0.1) is 0 Å². The Kier molecular flexibility index (Phi) is 4.96. The van der Waals surface area contributed by atoms with E-state index in [0.29, 0.717) is 0 Å². The molecule has 0 atom stereocenters. The average molecular weight is 418 g/mol. The van der Waals surface area contributed by atoms with Crippen LogP contribution in [0.4, 0.5) is 0 Å². The molecule has 0 aromatic heterocycles. The Morgan fingerprint density at radius 3 is 2.23 bits per heavy atom. The number of benzene rings is 3. The lowest BCUT2D eigenvalue weighted by Gasteiger charge is -2.10. The average Bonchev–Trinajstić information content (AvgIpc) is 2.52. The maximum absolute atomic E-state index is 5.96. The molecule has 0 fully saturated rings. The van der Waals surface area contributed by atoms with Gasteiger partial charge in [0.1, 0.15) is 11.5 Å². The van der Waals surface area contributed by atoms with Gasteiger partial charge in [0.15, 0.2) is 0 Å². The van der Waals surface area contributed by atoms with Gasteiger partial charge in [-0.25, -0.2) is 0 Å². The molecule has 0 aliphatic heterocycles. The van der Waals surface area contributed by atoms with Crippen LogP contribution in [0.3, 0.4) is 0 Å². The van der Waals surface area contributed by atoms with Crippen LogP contribution in [0.25, 0.3) is 0 Å². The highest BCUT2D eigenvalue weighted by molar-refractivity contribution is 9.10. The first-order valence-electron chi connectivity index (χ1n) is 6.97. The van der Waals surface area contributed by atoms with Crippen LogP contribution in [0, 0.1) is 0 Å². The molecule has 0 spiro atoms. The van der Waals surface area contributed by atoms with Crippen LogP contribution in [0.2, 0.25) is 0 Å². The first-order chi connectivity index (χ1) is 10.7. The van der Waals surface area contributed by atoms with Crippen LogP contribution in [-0.2, 0) is 6.42 Å². The maximum atomic E-state index is 5.96. The highest BCUT2D eigenvalue weighted by Gasteiger charge is 2.04. The van der Waals surface area contributed by atoms with Crippen LogP contribution < -0.4 is 4.74 Å². The molecule has 1 nitrogen and oxygen atoms in total. The molecule has 0 radical (unpaired) electrons. The molecule has 0 saturated heterocycles. The summed E-state index contributed by atoms with van der Waals surface area (Å²) in [6.45, 7) is 0. The van der Waals surface area contributed by atoms with Crippen LogP contribution in [0.5, 0.6) is 11.5 Å². The lowest BCUT2D eigenvalue weighted by Crippen LogP contribution is -1.91. The van der Waals surface area contributed by atoms with Crippen molar-refractivity contribution in [2.24, 2.45) is 0 Å². The van der Waals surface area contributed by atoms with Gasteiger partial charge in [0, 0.05) is 4.47 Å². The quantitative estimate of drug-likeness (QED) is 0.464. The third-order valence-electron chi connectivity index (χ3n) is 3.32. The molecule has 0 aliphatic carbocycles. The highest BCUT2D eigenvalue weighted by atomic mass is 79.9. The molecule has 0 aliphatic rings. The monoisotopic (exact) mass is 416 g/mol. The third kappa shape index (κ3) is 3.79. The molecule has 3 aromatic rings. The van der Waals surface area contributed by atoms with Gasteiger partial charge in [-0.1, -0.05) is 58.4 Å². The molecule has 0 unspecified atom stereocenters. The largest absolute Gasteiger partial charge is 0.456 e. The fraction of sp³-hybridized carbons (Fsp3) is 0.0526. The first-order valence-corrected chi connectivity index (χ1v) is 8.56. The summed E-state index contributed by atoms with van der Waals surface area (Å²) in [6, 6.07) is 24.3. The smallest absolute Gasteiger partial charge is 0.141 e. The van der Waals surface area contributed by atoms with Gasteiger partial charge < -0.3 is 4.74 Å². The van der Waals surface area contributed by atoms with Crippen molar-refractivity contribution in [1.29, 1.82) is 0 Å². The van der Waals surface area contributed by atoms with E-state index in [9.17, 15) is 0 Å².